The summed E-state index contributed by atoms with van der Waals surface area (Å²) in [6, 6.07) is 9.18. The molecule has 0 spiro atoms. The van der Waals surface area contributed by atoms with Gasteiger partial charge in [-0.2, -0.15) is 5.10 Å². The fraction of sp³-hybridized carbons (Fsp3) is 0. The second kappa shape index (κ2) is 6.73. The van der Waals surface area contributed by atoms with Gasteiger partial charge in [-0.1, -0.05) is 11.6 Å². The largest absolute Gasteiger partial charge is 0.280 e. The number of aromatic nitrogens is 2. The third-order valence-electron chi connectivity index (χ3n) is 3.37. The molecule has 26 heavy (non-hydrogen) atoms. The number of anilines is 1. The van der Waals surface area contributed by atoms with E-state index >= 15 is 0 Å². The van der Waals surface area contributed by atoms with Crippen molar-refractivity contribution < 1.29 is 17.7 Å². The number of nitro groups is 1. The number of halogens is 2. The number of hydrogen-bond donors (Lipinski definition) is 1. The van der Waals surface area contributed by atoms with Crippen molar-refractivity contribution in [3.05, 3.63) is 75.8 Å². The molecule has 3 aromatic rings. The molecular formula is C15H10ClFN4O4S. The molecule has 0 radical (unpaired) electrons. The van der Waals surface area contributed by atoms with Crippen molar-refractivity contribution in [3.8, 4) is 5.69 Å². The van der Waals surface area contributed by atoms with Crippen molar-refractivity contribution in [3.63, 3.8) is 0 Å². The van der Waals surface area contributed by atoms with Gasteiger partial charge in [0.25, 0.3) is 15.7 Å². The van der Waals surface area contributed by atoms with Crippen molar-refractivity contribution in [2.75, 3.05) is 4.72 Å². The highest BCUT2D eigenvalue weighted by Gasteiger charge is 2.25. The van der Waals surface area contributed by atoms with Gasteiger partial charge in [0.05, 0.1) is 15.6 Å². The molecule has 0 bridgehead atoms. The molecule has 0 unspecified atom stereocenters. The molecule has 1 N–H and O–H groups in total. The molecule has 134 valence electrons. The number of hydrogen-bond acceptors (Lipinski definition) is 5. The van der Waals surface area contributed by atoms with Crippen molar-refractivity contribution >= 4 is 33.0 Å². The van der Waals surface area contributed by atoms with Crippen LogP contribution >= 0.6 is 11.6 Å². The predicted octanol–water partition coefficient (Wildman–Crippen LogP) is 3.37. The Morgan fingerprint density at radius 1 is 1.23 bits per heavy atom. The molecule has 0 aliphatic carbocycles. The van der Waals surface area contributed by atoms with Crippen LogP contribution in [0.15, 0.2) is 59.8 Å². The summed E-state index contributed by atoms with van der Waals surface area (Å²) in [5.74, 6) is -1.27. The molecule has 0 saturated heterocycles. The van der Waals surface area contributed by atoms with E-state index in [-0.39, 0.29) is 5.69 Å². The van der Waals surface area contributed by atoms with E-state index in [9.17, 15) is 22.9 Å². The van der Waals surface area contributed by atoms with E-state index in [0.717, 1.165) is 6.07 Å². The topological polar surface area (TPSA) is 107 Å². The standard InChI is InChI=1S/C15H10ClFN4O4S/c16-13-8-12(21(22)23)9-14(15(13)17)26(24,25)19-10-2-4-11(5-3-10)20-7-1-6-18-20/h1-9,19H. The minimum absolute atomic E-state index is 0.142. The number of nitrogens with one attached hydrogen (secondary N) is 1. The Morgan fingerprint density at radius 3 is 2.50 bits per heavy atom. The van der Waals surface area contributed by atoms with Crippen LogP contribution < -0.4 is 4.72 Å². The Balaban J connectivity index is 1.93. The lowest BCUT2D eigenvalue weighted by atomic mass is 10.3. The third-order valence-corrected chi connectivity index (χ3v) is 5.02. The van der Waals surface area contributed by atoms with Crippen LogP contribution in [0, 0.1) is 15.9 Å². The zero-order chi connectivity index (χ0) is 18.9. The number of nitrogens with zero attached hydrogens (tertiary/aromatic N) is 3. The summed E-state index contributed by atoms with van der Waals surface area (Å²) in [6.07, 6.45) is 3.30. The van der Waals surface area contributed by atoms with Gasteiger partial charge in [0, 0.05) is 30.2 Å². The predicted molar refractivity (Wildman–Crippen MR) is 92.4 cm³/mol. The summed E-state index contributed by atoms with van der Waals surface area (Å²) in [7, 11) is -4.43. The van der Waals surface area contributed by atoms with Gasteiger partial charge in [-0.3, -0.25) is 14.8 Å². The highest BCUT2D eigenvalue weighted by atomic mass is 35.5. The number of non-ortho nitro benzene ring substituents is 1. The van der Waals surface area contributed by atoms with Crippen LogP contribution in [-0.4, -0.2) is 23.1 Å². The molecule has 0 amide bonds. The van der Waals surface area contributed by atoms with Crippen LogP contribution in [0.3, 0.4) is 0 Å². The fourth-order valence-corrected chi connectivity index (χ4v) is 3.61. The van der Waals surface area contributed by atoms with Crippen LogP contribution in [0.1, 0.15) is 0 Å². The minimum Gasteiger partial charge on any atom is -0.280 e. The highest BCUT2D eigenvalue weighted by Crippen LogP contribution is 2.29. The van der Waals surface area contributed by atoms with Gasteiger partial charge in [-0.05, 0) is 30.3 Å². The van der Waals surface area contributed by atoms with Gasteiger partial charge in [-0.15, -0.1) is 0 Å². The van der Waals surface area contributed by atoms with E-state index in [1.807, 2.05) is 0 Å². The van der Waals surface area contributed by atoms with Gasteiger partial charge in [0.1, 0.15) is 4.90 Å². The Labute approximate surface area is 152 Å². The quantitative estimate of drug-likeness (QED) is 0.525. The van der Waals surface area contributed by atoms with Gasteiger partial charge in [0.15, 0.2) is 5.82 Å². The molecule has 0 aliphatic rings. The second-order valence-electron chi connectivity index (χ2n) is 5.10. The summed E-state index contributed by atoms with van der Waals surface area (Å²) >= 11 is 5.57. The Kier molecular flexibility index (Phi) is 4.62. The maximum absolute atomic E-state index is 14.1. The first-order valence-corrected chi connectivity index (χ1v) is 8.90. The van der Waals surface area contributed by atoms with Crippen LogP contribution in [-0.2, 0) is 10.0 Å². The van der Waals surface area contributed by atoms with E-state index in [1.165, 1.54) is 12.1 Å². The molecule has 0 fully saturated rings. The smallest absolute Gasteiger partial charge is 0.272 e. The van der Waals surface area contributed by atoms with Crippen LogP contribution in [0.4, 0.5) is 15.8 Å². The molecule has 11 heteroatoms. The average Bonchev–Trinajstić information content (AvgIpc) is 3.11. The van der Waals surface area contributed by atoms with E-state index in [1.54, 1.807) is 35.3 Å². The average molecular weight is 397 g/mol. The van der Waals surface area contributed by atoms with Gasteiger partial charge in [0.2, 0.25) is 0 Å². The summed E-state index contributed by atoms with van der Waals surface area (Å²) in [4.78, 5) is 9.09. The molecule has 0 aliphatic heterocycles. The maximum atomic E-state index is 14.1. The van der Waals surface area contributed by atoms with Crippen LogP contribution in [0.5, 0.6) is 0 Å². The van der Waals surface area contributed by atoms with Crippen molar-refractivity contribution in [1.82, 2.24) is 9.78 Å². The lowest BCUT2D eigenvalue weighted by Gasteiger charge is -2.10. The SMILES string of the molecule is O=[N+]([O-])c1cc(Cl)c(F)c(S(=O)(=O)Nc2ccc(-n3cccn3)cc2)c1. The molecule has 1 aromatic heterocycles. The second-order valence-corrected chi connectivity index (χ2v) is 7.16. The number of rotatable bonds is 5. The molecule has 3 rings (SSSR count). The summed E-state index contributed by atoms with van der Waals surface area (Å²) in [5, 5.41) is 14.2. The zero-order valence-corrected chi connectivity index (χ0v) is 14.4. The molecule has 8 nitrogen and oxygen atoms in total. The van der Waals surface area contributed by atoms with E-state index in [0.29, 0.717) is 11.8 Å². The molecule has 1 heterocycles. The van der Waals surface area contributed by atoms with E-state index in [4.69, 9.17) is 11.6 Å². The van der Waals surface area contributed by atoms with Crippen molar-refractivity contribution in [2.24, 2.45) is 0 Å². The van der Waals surface area contributed by atoms with Crippen molar-refractivity contribution in [2.45, 2.75) is 4.90 Å². The molecular weight excluding hydrogens is 387 g/mol. The number of sulfonamides is 1. The third kappa shape index (κ3) is 3.51. The van der Waals surface area contributed by atoms with Gasteiger partial charge in [-0.25, -0.2) is 17.5 Å². The minimum atomic E-state index is -4.43. The molecule has 0 saturated carbocycles. The highest BCUT2D eigenvalue weighted by molar-refractivity contribution is 7.92. The summed E-state index contributed by atoms with van der Waals surface area (Å²) in [6.45, 7) is 0. The Morgan fingerprint density at radius 2 is 1.92 bits per heavy atom. The number of benzene rings is 2. The summed E-state index contributed by atoms with van der Waals surface area (Å²) < 4.78 is 42.7. The lowest BCUT2D eigenvalue weighted by Crippen LogP contribution is -2.15. The fourth-order valence-electron chi connectivity index (χ4n) is 2.17. The first-order chi connectivity index (χ1) is 12.3. The Hall–Kier alpha value is -2.98. The first-order valence-electron chi connectivity index (χ1n) is 7.04. The first kappa shape index (κ1) is 17.8. The Bertz CT molecular complexity index is 1070. The van der Waals surface area contributed by atoms with Gasteiger partial charge < -0.3 is 0 Å². The van der Waals surface area contributed by atoms with Crippen molar-refractivity contribution in [1.29, 1.82) is 0 Å². The molecule has 2 aromatic carbocycles. The molecule has 0 atom stereocenters. The van der Waals surface area contributed by atoms with E-state index < -0.39 is 36.4 Å². The number of nitro benzene ring substituents is 1. The van der Waals surface area contributed by atoms with Crippen LogP contribution in [0.2, 0.25) is 5.02 Å². The summed E-state index contributed by atoms with van der Waals surface area (Å²) in [5.41, 5.74) is 0.191. The monoisotopic (exact) mass is 396 g/mol. The maximum Gasteiger partial charge on any atom is 0.272 e. The zero-order valence-electron chi connectivity index (χ0n) is 12.8. The lowest BCUT2D eigenvalue weighted by molar-refractivity contribution is -0.385. The normalized spacial score (nSPS) is 11.3. The van der Waals surface area contributed by atoms with Gasteiger partial charge >= 0.3 is 0 Å². The van der Waals surface area contributed by atoms with Crippen LogP contribution in [0.25, 0.3) is 5.69 Å². The van der Waals surface area contributed by atoms with E-state index in [2.05, 4.69) is 9.82 Å².